The highest BCUT2D eigenvalue weighted by atomic mass is 127. The SMILES string of the molecule is Cn1nnc2c1-c1ccccc1N(C(=O)CCI)Cc1ccccc1-2. The van der Waals surface area contributed by atoms with E-state index in [2.05, 4.69) is 45.0 Å². The van der Waals surface area contributed by atoms with E-state index in [1.54, 1.807) is 4.68 Å². The first-order valence-corrected chi connectivity index (χ1v) is 9.67. The van der Waals surface area contributed by atoms with Crippen molar-refractivity contribution in [2.75, 3.05) is 9.33 Å². The Balaban J connectivity index is 2.02. The van der Waals surface area contributed by atoms with E-state index < -0.39 is 0 Å². The van der Waals surface area contributed by atoms with Crippen LogP contribution in [-0.2, 0) is 18.4 Å². The zero-order valence-corrected chi connectivity index (χ0v) is 16.0. The normalized spacial score (nSPS) is 12.6. The van der Waals surface area contributed by atoms with Gasteiger partial charge in [0.2, 0.25) is 5.91 Å². The summed E-state index contributed by atoms with van der Waals surface area (Å²) in [6, 6.07) is 16.1. The van der Waals surface area contributed by atoms with Gasteiger partial charge in [-0.15, -0.1) is 5.10 Å². The first-order chi connectivity index (χ1) is 12.2. The number of carbonyl (C=O) groups excluding carboxylic acids is 1. The van der Waals surface area contributed by atoms with Crippen molar-refractivity contribution in [3.05, 3.63) is 54.1 Å². The summed E-state index contributed by atoms with van der Waals surface area (Å²) in [7, 11) is 1.89. The molecule has 2 aromatic carbocycles. The lowest BCUT2D eigenvalue weighted by Gasteiger charge is -2.28. The van der Waals surface area contributed by atoms with Gasteiger partial charge in [0.15, 0.2) is 0 Å². The number of alkyl halides is 1. The highest BCUT2D eigenvalue weighted by Crippen LogP contribution is 2.40. The number of rotatable bonds is 2. The van der Waals surface area contributed by atoms with Crippen molar-refractivity contribution in [1.82, 2.24) is 15.0 Å². The minimum atomic E-state index is 0.134. The minimum Gasteiger partial charge on any atom is -0.307 e. The van der Waals surface area contributed by atoms with E-state index in [4.69, 9.17) is 0 Å². The van der Waals surface area contributed by atoms with Crippen molar-refractivity contribution in [1.29, 1.82) is 0 Å². The Kier molecular flexibility index (Phi) is 4.29. The van der Waals surface area contributed by atoms with Crippen LogP contribution in [0.3, 0.4) is 0 Å². The molecule has 2 heterocycles. The summed E-state index contributed by atoms with van der Waals surface area (Å²) in [5.41, 5.74) is 5.83. The predicted octanol–water partition coefficient (Wildman–Crippen LogP) is 3.82. The Morgan fingerprint density at radius 2 is 1.84 bits per heavy atom. The van der Waals surface area contributed by atoms with Crippen LogP contribution < -0.4 is 4.90 Å². The summed E-state index contributed by atoms with van der Waals surface area (Å²) in [5.74, 6) is 0.134. The standard InChI is InChI=1S/C19H17IN4O/c1-23-19-15-8-4-5-9-16(15)24(17(25)10-11-20)12-13-6-2-3-7-14(13)18(19)21-22-23/h2-9H,10-12H2,1H3. The van der Waals surface area contributed by atoms with E-state index in [1.807, 2.05) is 48.3 Å². The number of aryl methyl sites for hydroxylation is 1. The molecule has 25 heavy (non-hydrogen) atoms. The predicted molar refractivity (Wildman–Crippen MR) is 107 cm³/mol. The van der Waals surface area contributed by atoms with E-state index in [1.165, 1.54) is 0 Å². The van der Waals surface area contributed by atoms with Crippen LogP contribution in [0.5, 0.6) is 0 Å². The summed E-state index contributed by atoms with van der Waals surface area (Å²) >= 11 is 2.25. The second-order valence-corrected chi connectivity index (χ2v) is 7.08. The maximum absolute atomic E-state index is 12.9. The van der Waals surface area contributed by atoms with Crippen molar-refractivity contribution in [2.24, 2.45) is 7.05 Å². The molecule has 0 fully saturated rings. The molecule has 1 aromatic heterocycles. The van der Waals surface area contributed by atoms with Crippen LogP contribution in [0.4, 0.5) is 5.69 Å². The van der Waals surface area contributed by atoms with Gasteiger partial charge in [0.25, 0.3) is 0 Å². The highest BCUT2D eigenvalue weighted by Gasteiger charge is 2.27. The molecule has 5 nitrogen and oxygen atoms in total. The van der Waals surface area contributed by atoms with Gasteiger partial charge in [-0.2, -0.15) is 0 Å². The molecule has 126 valence electrons. The summed E-state index contributed by atoms with van der Waals surface area (Å²) < 4.78 is 2.59. The van der Waals surface area contributed by atoms with Crippen molar-refractivity contribution >= 4 is 34.2 Å². The molecule has 1 aliphatic heterocycles. The van der Waals surface area contributed by atoms with Gasteiger partial charge >= 0.3 is 0 Å². The van der Waals surface area contributed by atoms with Gasteiger partial charge in [0, 0.05) is 29.0 Å². The summed E-state index contributed by atoms with van der Waals surface area (Å²) in [6.07, 6.45) is 0.521. The summed E-state index contributed by atoms with van der Waals surface area (Å²) in [6.45, 7) is 0.540. The van der Waals surface area contributed by atoms with Crippen molar-refractivity contribution in [3.63, 3.8) is 0 Å². The fourth-order valence-corrected chi connectivity index (χ4v) is 3.79. The molecule has 4 rings (SSSR count). The van der Waals surface area contributed by atoms with E-state index in [0.717, 1.165) is 38.2 Å². The molecule has 0 saturated carbocycles. The first-order valence-electron chi connectivity index (χ1n) is 8.14. The van der Waals surface area contributed by atoms with Crippen LogP contribution in [-0.4, -0.2) is 25.3 Å². The van der Waals surface area contributed by atoms with Gasteiger partial charge in [-0.25, -0.2) is 4.68 Å². The van der Waals surface area contributed by atoms with Gasteiger partial charge in [-0.05, 0) is 11.6 Å². The molecule has 0 saturated heterocycles. The van der Waals surface area contributed by atoms with Crippen LogP contribution in [0.25, 0.3) is 22.5 Å². The maximum Gasteiger partial charge on any atom is 0.228 e. The number of halogens is 1. The molecule has 0 spiro atoms. The zero-order valence-electron chi connectivity index (χ0n) is 13.8. The lowest BCUT2D eigenvalue weighted by Crippen LogP contribution is -2.31. The zero-order chi connectivity index (χ0) is 17.4. The molecule has 0 radical (unpaired) electrons. The number of para-hydroxylation sites is 1. The second kappa shape index (κ2) is 6.59. The van der Waals surface area contributed by atoms with Gasteiger partial charge in [0.05, 0.1) is 17.9 Å². The number of carbonyl (C=O) groups is 1. The third-order valence-electron chi connectivity index (χ3n) is 4.49. The number of aromatic nitrogens is 3. The third-order valence-corrected chi connectivity index (χ3v) is 5.03. The molecule has 1 amide bonds. The molecule has 3 aromatic rings. The largest absolute Gasteiger partial charge is 0.307 e. The lowest BCUT2D eigenvalue weighted by atomic mass is 9.95. The van der Waals surface area contributed by atoms with Crippen LogP contribution in [0, 0.1) is 0 Å². The van der Waals surface area contributed by atoms with Crippen molar-refractivity contribution in [3.8, 4) is 22.5 Å². The average Bonchev–Trinajstić information content (AvgIpc) is 2.99. The number of benzene rings is 2. The number of amides is 1. The Bertz CT molecular complexity index is 950. The molecule has 0 unspecified atom stereocenters. The number of hydrogen-bond acceptors (Lipinski definition) is 3. The molecule has 6 heteroatoms. The fourth-order valence-electron chi connectivity index (χ4n) is 3.33. The van der Waals surface area contributed by atoms with Crippen LogP contribution in [0.1, 0.15) is 12.0 Å². The van der Waals surface area contributed by atoms with E-state index in [9.17, 15) is 4.79 Å². The lowest BCUT2D eigenvalue weighted by molar-refractivity contribution is -0.118. The quantitative estimate of drug-likeness (QED) is 0.446. The topological polar surface area (TPSA) is 51.0 Å². The van der Waals surface area contributed by atoms with E-state index in [-0.39, 0.29) is 5.91 Å². The van der Waals surface area contributed by atoms with Gasteiger partial charge < -0.3 is 4.90 Å². The van der Waals surface area contributed by atoms with Crippen LogP contribution in [0.15, 0.2) is 48.5 Å². The van der Waals surface area contributed by atoms with E-state index >= 15 is 0 Å². The number of nitrogens with zero attached hydrogens (tertiary/aromatic N) is 4. The number of hydrogen-bond donors (Lipinski definition) is 0. The number of fused-ring (bicyclic) bond motifs is 5. The molecular formula is C19H17IN4O. The molecule has 1 aliphatic rings. The molecule has 0 atom stereocenters. The third kappa shape index (κ3) is 2.74. The van der Waals surface area contributed by atoms with Crippen LogP contribution >= 0.6 is 22.6 Å². The summed E-state index contributed by atoms with van der Waals surface area (Å²) in [5, 5.41) is 8.66. The van der Waals surface area contributed by atoms with Gasteiger partial charge in [-0.3, -0.25) is 4.79 Å². The first kappa shape index (κ1) is 16.3. The van der Waals surface area contributed by atoms with Crippen LogP contribution in [0.2, 0.25) is 0 Å². The smallest absolute Gasteiger partial charge is 0.228 e. The average molecular weight is 444 g/mol. The highest BCUT2D eigenvalue weighted by molar-refractivity contribution is 14.1. The van der Waals surface area contributed by atoms with Crippen molar-refractivity contribution < 1.29 is 4.79 Å². The monoisotopic (exact) mass is 444 g/mol. The Hall–Kier alpha value is -2.22. The summed E-state index contributed by atoms with van der Waals surface area (Å²) in [4.78, 5) is 14.7. The maximum atomic E-state index is 12.9. The Morgan fingerprint density at radius 1 is 1.12 bits per heavy atom. The Morgan fingerprint density at radius 3 is 2.64 bits per heavy atom. The van der Waals surface area contributed by atoms with Crippen molar-refractivity contribution in [2.45, 2.75) is 13.0 Å². The second-order valence-electron chi connectivity index (χ2n) is 6.00. The van der Waals surface area contributed by atoms with E-state index in [0.29, 0.717) is 13.0 Å². The molecule has 0 aliphatic carbocycles. The molecular weight excluding hydrogens is 427 g/mol. The number of anilines is 1. The Labute approximate surface area is 159 Å². The van der Waals surface area contributed by atoms with Gasteiger partial charge in [-0.1, -0.05) is 70.3 Å². The molecule has 0 N–H and O–H groups in total. The fraction of sp³-hybridized carbons (Fsp3) is 0.211. The minimum absolute atomic E-state index is 0.134. The van der Waals surface area contributed by atoms with Gasteiger partial charge in [0.1, 0.15) is 5.69 Å². The molecule has 0 bridgehead atoms.